The predicted octanol–water partition coefficient (Wildman–Crippen LogP) is 2.11. The van der Waals surface area contributed by atoms with Crippen molar-refractivity contribution in [2.45, 2.75) is 6.10 Å². The number of pyridine rings is 1. The van der Waals surface area contributed by atoms with Crippen LogP contribution in [0.4, 0.5) is 0 Å². The number of aliphatic hydroxyl groups excluding tert-OH is 1. The van der Waals surface area contributed by atoms with Gasteiger partial charge in [-0.25, -0.2) is 0 Å². The molecule has 0 aliphatic rings. The minimum absolute atomic E-state index is 0.542. The summed E-state index contributed by atoms with van der Waals surface area (Å²) in [6.45, 7) is 0. The van der Waals surface area contributed by atoms with Gasteiger partial charge in [-0.05, 0) is 23.8 Å². The van der Waals surface area contributed by atoms with Crippen LogP contribution in [-0.4, -0.2) is 20.1 Å². The molecule has 0 aliphatic carbocycles. The third-order valence-corrected chi connectivity index (χ3v) is 2.81. The van der Waals surface area contributed by atoms with E-state index in [0.717, 1.165) is 16.5 Å². The number of fused-ring (bicyclic) bond motifs is 1. The van der Waals surface area contributed by atoms with Crippen LogP contribution in [-0.2, 0) is 0 Å². The zero-order valence-electron chi connectivity index (χ0n) is 9.56. The van der Waals surface area contributed by atoms with Crippen LogP contribution in [0.1, 0.15) is 17.4 Å². The fourth-order valence-electron chi connectivity index (χ4n) is 1.89. The fourth-order valence-corrected chi connectivity index (χ4v) is 1.89. The highest BCUT2D eigenvalue weighted by Gasteiger charge is 2.12. The maximum atomic E-state index is 10.2. The molecule has 2 aromatic heterocycles. The first kappa shape index (κ1) is 10.8. The Morgan fingerprint density at radius 2 is 1.94 bits per heavy atom. The zero-order valence-corrected chi connectivity index (χ0v) is 9.56. The average molecular weight is 237 g/mol. The molecule has 3 aromatic rings. The Labute approximate surface area is 104 Å². The number of rotatable bonds is 2. The van der Waals surface area contributed by atoms with Crippen molar-refractivity contribution >= 4 is 10.9 Å². The van der Waals surface area contributed by atoms with E-state index in [0.29, 0.717) is 5.69 Å². The minimum Gasteiger partial charge on any atom is -0.382 e. The van der Waals surface area contributed by atoms with E-state index in [4.69, 9.17) is 0 Å². The van der Waals surface area contributed by atoms with Gasteiger partial charge in [-0.3, -0.25) is 15.0 Å². The second-order valence-corrected chi connectivity index (χ2v) is 3.99. The summed E-state index contributed by atoms with van der Waals surface area (Å²) >= 11 is 0. The van der Waals surface area contributed by atoms with Crippen molar-refractivity contribution in [1.82, 2.24) is 15.0 Å². The Morgan fingerprint density at radius 1 is 1.00 bits per heavy atom. The molecule has 2 heterocycles. The number of benzene rings is 1. The summed E-state index contributed by atoms with van der Waals surface area (Å²) in [6, 6.07) is 9.51. The smallest absolute Gasteiger partial charge is 0.123 e. The summed E-state index contributed by atoms with van der Waals surface area (Å²) in [5.74, 6) is 0. The average Bonchev–Trinajstić information content (AvgIpc) is 2.47. The van der Waals surface area contributed by atoms with Gasteiger partial charge in [0.05, 0.1) is 17.4 Å². The van der Waals surface area contributed by atoms with E-state index in [2.05, 4.69) is 15.0 Å². The van der Waals surface area contributed by atoms with Crippen LogP contribution >= 0.6 is 0 Å². The third kappa shape index (κ3) is 1.94. The van der Waals surface area contributed by atoms with E-state index in [-0.39, 0.29) is 0 Å². The Hall–Kier alpha value is -2.33. The molecule has 1 unspecified atom stereocenters. The second kappa shape index (κ2) is 4.50. The number of aliphatic hydroxyl groups is 1. The van der Waals surface area contributed by atoms with Crippen molar-refractivity contribution in [2.24, 2.45) is 0 Å². The number of nitrogens with zero attached hydrogens (tertiary/aromatic N) is 3. The van der Waals surface area contributed by atoms with E-state index >= 15 is 0 Å². The largest absolute Gasteiger partial charge is 0.382 e. The molecule has 4 heteroatoms. The van der Waals surface area contributed by atoms with Gasteiger partial charge < -0.3 is 5.11 Å². The maximum Gasteiger partial charge on any atom is 0.123 e. The van der Waals surface area contributed by atoms with Gasteiger partial charge in [0.15, 0.2) is 0 Å². The molecule has 1 N–H and O–H groups in total. The maximum absolute atomic E-state index is 10.2. The summed E-state index contributed by atoms with van der Waals surface area (Å²) in [5, 5.41) is 11.2. The van der Waals surface area contributed by atoms with Gasteiger partial charge in [0, 0.05) is 24.0 Å². The quantitative estimate of drug-likeness (QED) is 0.741. The molecule has 0 fully saturated rings. The van der Waals surface area contributed by atoms with E-state index < -0.39 is 6.10 Å². The number of hydrogen-bond acceptors (Lipinski definition) is 4. The lowest BCUT2D eigenvalue weighted by atomic mass is 10.0. The first-order valence-electron chi connectivity index (χ1n) is 5.63. The highest BCUT2D eigenvalue weighted by atomic mass is 16.3. The van der Waals surface area contributed by atoms with Crippen molar-refractivity contribution in [3.05, 3.63) is 66.4 Å². The molecular formula is C14H11N3O. The molecule has 1 atom stereocenters. The van der Waals surface area contributed by atoms with E-state index in [9.17, 15) is 5.11 Å². The Bertz CT molecular complexity index is 670. The van der Waals surface area contributed by atoms with Crippen molar-refractivity contribution in [3.8, 4) is 0 Å². The summed E-state index contributed by atoms with van der Waals surface area (Å²) in [6.07, 6.45) is 5.71. The molecule has 0 bridgehead atoms. The van der Waals surface area contributed by atoms with Gasteiger partial charge >= 0.3 is 0 Å². The van der Waals surface area contributed by atoms with Gasteiger partial charge in [0.2, 0.25) is 0 Å². The second-order valence-electron chi connectivity index (χ2n) is 3.99. The third-order valence-electron chi connectivity index (χ3n) is 2.81. The van der Waals surface area contributed by atoms with Gasteiger partial charge in [0.25, 0.3) is 0 Å². The molecule has 0 radical (unpaired) electrons. The molecule has 0 amide bonds. The highest BCUT2D eigenvalue weighted by molar-refractivity contribution is 5.79. The Kier molecular flexibility index (Phi) is 2.70. The number of hydrogen-bond donors (Lipinski definition) is 1. The molecule has 4 nitrogen and oxygen atoms in total. The van der Waals surface area contributed by atoms with Crippen LogP contribution in [0, 0.1) is 0 Å². The zero-order chi connectivity index (χ0) is 12.4. The summed E-state index contributed by atoms with van der Waals surface area (Å²) in [5.41, 5.74) is 2.24. The van der Waals surface area contributed by atoms with Crippen molar-refractivity contribution in [2.75, 3.05) is 0 Å². The van der Waals surface area contributed by atoms with Crippen LogP contribution < -0.4 is 0 Å². The number of aromatic nitrogens is 3. The molecule has 3 rings (SSSR count). The molecule has 0 saturated heterocycles. The van der Waals surface area contributed by atoms with Crippen LogP contribution in [0.3, 0.4) is 0 Å². The van der Waals surface area contributed by atoms with Crippen molar-refractivity contribution in [1.29, 1.82) is 0 Å². The monoisotopic (exact) mass is 237 g/mol. The molecule has 88 valence electrons. The molecule has 18 heavy (non-hydrogen) atoms. The lowest BCUT2D eigenvalue weighted by Gasteiger charge is -2.10. The summed E-state index contributed by atoms with van der Waals surface area (Å²) < 4.78 is 0. The normalized spacial score (nSPS) is 12.5. The lowest BCUT2D eigenvalue weighted by Crippen LogP contribution is -2.02. The van der Waals surface area contributed by atoms with Gasteiger partial charge in [-0.1, -0.05) is 12.1 Å². The van der Waals surface area contributed by atoms with E-state index in [1.54, 1.807) is 24.8 Å². The topological polar surface area (TPSA) is 58.9 Å². The summed E-state index contributed by atoms with van der Waals surface area (Å²) in [4.78, 5) is 12.3. The van der Waals surface area contributed by atoms with Gasteiger partial charge in [-0.2, -0.15) is 0 Å². The molecule has 0 spiro atoms. The Morgan fingerprint density at radius 3 is 2.78 bits per heavy atom. The lowest BCUT2D eigenvalue weighted by molar-refractivity contribution is 0.215. The van der Waals surface area contributed by atoms with Crippen LogP contribution in [0.15, 0.2) is 55.1 Å². The minimum atomic E-state index is -0.761. The van der Waals surface area contributed by atoms with Crippen LogP contribution in [0.25, 0.3) is 10.9 Å². The van der Waals surface area contributed by atoms with Crippen molar-refractivity contribution < 1.29 is 5.11 Å². The SMILES string of the molecule is OC(c1ccc2ncccc2c1)c1cnccn1. The van der Waals surface area contributed by atoms with Crippen LogP contribution in [0.5, 0.6) is 0 Å². The molecule has 1 aromatic carbocycles. The molecule has 0 aliphatic heterocycles. The van der Waals surface area contributed by atoms with Crippen LogP contribution in [0.2, 0.25) is 0 Å². The summed E-state index contributed by atoms with van der Waals surface area (Å²) in [7, 11) is 0. The predicted molar refractivity (Wildman–Crippen MR) is 67.8 cm³/mol. The molecular weight excluding hydrogens is 226 g/mol. The standard InChI is InChI=1S/C14H11N3O/c18-14(13-9-15-6-7-17-13)11-3-4-12-10(8-11)2-1-5-16-12/h1-9,14,18H. The first-order valence-corrected chi connectivity index (χ1v) is 5.63. The Balaban J connectivity index is 2.04. The van der Waals surface area contributed by atoms with Gasteiger partial charge in [0.1, 0.15) is 6.10 Å². The fraction of sp³-hybridized carbons (Fsp3) is 0.0714. The van der Waals surface area contributed by atoms with E-state index in [1.807, 2.05) is 30.3 Å². The first-order chi connectivity index (χ1) is 8.84. The molecule has 0 saturated carbocycles. The van der Waals surface area contributed by atoms with Crippen molar-refractivity contribution in [3.63, 3.8) is 0 Å². The van der Waals surface area contributed by atoms with Gasteiger partial charge in [-0.15, -0.1) is 0 Å². The van der Waals surface area contributed by atoms with E-state index in [1.165, 1.54) is 0 Å². The highest BCUT2D eigenvalue weighted by Crippen LogP contribution is 2.22.